The van der Waals surface area contributed by atoms with Crippen LogP contribution in [0.2, 0.25) is 5.15 Å². The van der Waals surface area contributed by atoms with Crippen LogP contribution >= 0.6 is 11.6 Å². The van der Waals surface area contributed by atoms with Crippen LogP contribution in [0.4, 0.5) is 5.69 Å². The number of fused-ring (bicyclic) bond motifs is 1. The van der Waals surface area contributed by atoms with Crippen LogP contribution in [0.1, 0.15) is 5.56 Å². The summed E-state index contributed by atoms with van der Waals surface area (Å²) in [6, 6.07) is 17.9. The molecule has 7 nitrogen and oxygen atoms in total. The summed E-state index contributed by atoms with van der Waals surface area (Å²) in [6.07, 6.45) is 8.36. The van der Waals surface area contributed by atoms with E-state index in [4.69, 9.17) is 16.3 Å². The highest BCUT2D eigenvalue weighted by atomic mass is 35.5. The highest BCUT2D eigenvalue weighted by Gasteiger charge is 2.20. The largest absolute Gasteiger partial charge is 0.470 e. The summed E-state index contributed by atoms with van der Waals surface area (Å²) < 4.78 is 7.79. The fourth-order valence-corrected chi connectivity index (χ4v) is 3.48. The lowest BCUT2D eigenvalue weighted by Gasteiger charge is -2.27. The normalized spacial score (nSPS) is 14.3. The lowest BCUT2D eigenvalue weighted by Crippen LogP contribution is -2.40. The Bertz CT molecular complexity index is 1110. The third-order valence-corrected chi connectivity index (χ3v) is 5.33. The van der Waals surface area contributed by atoms with Gasteiger partial charge in [0, 0.05) is 43.3 Å². The molecule has 0 saturated heterocycles. The van der Waals surface area contributed by atoms with Crippen molar-refractivity contribution >= 4 is 17.3 Å². The van der Waals surface area contributed by atoms with E-state index in [0.717, 1.165) is 48.4 Å². The summed E-state index contributed by atoms with van der Waals surface area (Å²) in [5.74, 6) is 0.641. The van der Waals surface area contributed by atoms with E-state index in [1.807, 2.05) is 80.4 Å². The van der Waals surface area contributed by atoms with Crippen LogP contribution in [0.5, 0.6) is 5.88 Å². The van der Waals surface area contributed by atoms with Crippen LogP contribution in [-0.2, 0) is 13.5 Å². The van der Waals surface area contributed by atoms with Crippen LogP contribution in [-0.4, -0.2) is 45.5 Å². The number of rotatable bonds is 6. The molecule has 2 N–H and O–H groups in total. The van der Waals surface area contributed by atoms with Gasteiger partial charge in [0.2, 0.25) is 5.88 Å². The lowest BCUT2D eigenvalue weighted by molar-refractivity contribution is 0.194. The van der Waals surface area contributed by atoms with E-state index in [0.29, 0.717) is 11.0 Å². The molecule has 4 heterocycles. The molecule has 0 radical (unpaired) electrons. The summed E-state index contributed by atoms with van der Waals surface area (Å²) in [5.41, 5.74) is 4.13. The number of hydrogen-bond donors (Lipinski definition) is 2. The number of benzene rings is 1. The smallest absolute Gasteiger partial charge is 0.237 e. The fraction of sp³-hybridized carbons (Fsp3) is 0.240. The SMILES string of the molecule is Cn1cc(-c2cnc3c(c2)NCC(CNCCc2ccc(Cl)nc2)O3)cn1.c1ccccc1. The first-order valence-electron chi connectivity index (χ1n) is 10.9. The molecule has 1 unspecified atom stereocenters. The van der Waals surface area contributed by atoms with Gasteiger partial charge in [-0.05, 0) is 30.7 Å². The number of ether oxygens (including phenoxy) is 1. The van der Waals surface area contributed by atoms with Gasteiger partial charge in [0.05, 0.1) is 18.4 Å². The molecular formula is C25H27ClN6O. The van der Waals surface area contributed by atoms with Crippen LogP contribution in [0, 0.1) is 0 Å². The van der Waals surface area contributed by atoms with Gasteiger partial charge in [0.1, 0.15) is 11.3 Å². The van der Waals surface area contributed by atoms with Gasteiger partial charge in [-0.2, -0.15) is 5.10 Å². The Balaban J connectivity index is 0.000000376. The van der Waals surface area contributed by atoms with Crippen LogP contribution in [0.25, 0.3) is 11.1 Å². The van der Waals surface area contributed by atoms with Gasteiger partial charge < -0.3 is 15.4 Å². The maximum atomic E-state index is 6.01. The fourth-order valence-electron chi connectivity index (χ4n) is 3.37. The van der Waals surface area contributed by atoms with Crippen LogP contribution in [0.3, 0.4) is 0 Å². The minimum atomic E-state index is 0.0394. The van der Waals surface area contributed by atoms with Crippen LogP contribution in [0.15, 0.2) is 79.4 Å². The molecule has 5 rings (SSSR count). The van der Waals surface area contributed by atoms with E-state index in [-0.39, 0.29) is 6.10 Å². The van der Waals surface area contributed by atoms with E-state index in [1.165, 1.54) is 0 Å². The quantitative estimate of drug-likeness (QED) is 0.330. The highest BCUT2D eigenvalue weighted by molar-refractivity contribution is 6.29. The molecule has 1 aliphatic heterocycles. The number of hydrogen-bond acceptors (Lipinski definition) is 6. The Kier molecular flexibility index (Phi) is 7.90. The van der Waals surface area contributed by atoms with Gasteiger partial charge in [0.15, 0.2) is 0 Å². The Hall–Kier alpha value is -3.42. The van der Waals surface area contributed by atoms with Crippen molar-refractivity contribution in [1.29, 1.82) is 0 Å². The summed E-state index contributed by atoms with van der Waals surface area (Å²) in [7, 11) is 1.90. The van der Waals surface area contributed by atoms with E-state index in [9.17, 15) is 0 Å². The zero-order valence-electron chi connectivity index (χ0n) is 18.5. The monoisotopic (exact) mass is 462 g/mol. The molecule has 0 spiro atoms. The molecule has 170 valence electrons. The van der Waals surface area contributed by atoms with Crippen molar-refractivity contribution in [1.82, 2.24) is 25.1 Å². The third kappa shape index (κ3) is 6.78. The second-order valence-electron chi connectivity index (χ2n) is 7.70. The Morgan fingerprint density at radius 3 is 2.52 bits per heavy atom. The summed E-state index contributed by atoms with van der Waals surface area (Å²) in [5, 5.41) is 11.6. The minimum absolute atomic E-state index is 0.0394. The molecule has 4 aromatic rings. The molecule has 1 aliphatic rings. The molecule has 0 aliphatic carbocycles. The molecule has 3 aromatic heterocycles. The van der Waals surface area contributed by atoms with Gasteiger partial charge in [0.25, 0.3) is 0 Å². The Morgan fingerprint density at radius 2 is 1.85 bits per heavy atom. The summed E-state index contributed by atoms with van der Waals surface area (Å²) in [4.78, 5) is 8.56. The second kappa shape index (κ2) is 11.4. The molecule has 33 heavy (non-hydrogen) atoms. The zero-order valence-corrected chi connectivity index (χ0v) is 19.2. The predicted octanol–water partition coefficient (Wildman–Crippen LogP) is 4.22. The van der Waals surface area contributed by atoms with E-state index < -0.39 is 0 Å². The van der Waals surface area contributed by atoms with Crippen molar-refractivity contribution < 1.29 is 4.74 Å². The summed E-state index contributed by atoms with van der Waals surface area (Å²) in [6.45, 7) is 2.34. The number of anilines is 1. The number of nitrogens with one attached hydrogen (secondary N) is 2. The molecule has 0 bridgehead atoms. The molecule has 1 aromatic carbocycles. The first-order chi connectivity index (χ1) is 16.2. The lowest BCUT2D eigenvalue weighted by atomic mass is 10.1. The third-order valence-electron chi connectivity index (χ3n) is 5.11. The van der Waals surface area contributed by atoms with Gasteiger partial charge in [-0.1, -0.05) is 54.1 Å². The first kappa shape index (κ1) is 22.8. The molecule has 1 atom stereocenters. The second-order valence-corrected chi connectivity index (χ2v) is 8.09. The molecule has 0 amide bonds. The van der Waals surface area contributed by atoms with E-state index in [2.05, 4.69) is 31.8 Å². The minimum Gasteiger partial charge on any atom is -0.470 e. The van der Waals surface area contributed by atoms with E-state index in [1.54, 1.807) is 4.68 Å². The van der Waals surface area contributed by atoms with Crippen molar-refractivity contribution in [3.63, 3.8) is 0 Å². The number of aromatic nitrogens is 4. The standard InChI is InChI=1S/C19H21ClN6O.C6H6/c1-26-12-15(9-25-26)14-6-17-19(24-8-14)27-16(11-22-17)10-21-5-4-13-2-3-18(20)23-7-13;1-2-4-6-5-3-1/h2-3,6-9,12,16,21-22H,4-5,10-11H2,1H3;1-6H. The molecule has 0 fully saturated rings. The molecule has 8 heteroatoms. The van der Waals surface area contributed by atoms with Crippen LogP contribution < -0.4 is 15.4 Å². The van der Waals surface area contributed by atoms with Crippen molar-refractivity contribution in [2.75, 3.05) is 25.0 Å². The first-order valence-corrected chi connectivity index (χ1v) is 11.3. The number of nitrogens with zero attached hydrogens (tertiary/aromatic N) is 4. The number of pyridine rings is 2. The van der Waals surface area contributed by atoms with Crippen molar-refractivity contribution in [3.8, 4) is 17.0 Å². The van der Waals surface area contributed by atoms with Gasteiger partial charge in [-0.3, -0.25) is 4.68 Å². The Labute approximate surface area is 198 Å². The molecular weight excluding hydrogens is 436 g/mol. The molecule has 0 saturated carbocycles. The number of halogens is 1. The van der Waals surface area contributed by atoms with Crippen molar-refractivity contribution in [2.45, 2.75) is 12.5 Å². The van der Waals surface area contributed by atoms with Gasteiger partial charge in [-0.25, -0.2) is 9.97 Å². The Morgan fingerprint density at radius 1 is 1.06 bits per heavy atom. The van der Waals surface area contributed by atoms with E-state index >= 15 is 0 Å². The van der Waals surface area contributed by atoms with Gasteiger partial charge >= 0.3 is 0 Å². The van der Waals surface area contributed by atoms with Crippen molar-refractivity contribution in [2.24, 2.45) is 7.05 Å². The average molecular weight is 463 g/mol. The number of aryl methyl sites for hydroxylation is 1. The average Bonchev–Trinajstić information content (AvgIpc) is 3.30. The van der Waals surface area contributed by atoms with Gasteiger partial charge in [-0.15, -0.1) is 0 Å². The zero-order chi connectivity index (χ0) is 22.9. The van der Waals surface area contributed by atoms with Crippen molar-refractivity contribution in [3.05, 3.63) is 90.1 Å². The topological polar surface area (TPSA) is 76.9 Å². The maximum Gasteiger partial charge on any atom is 0.237 e. The maximum absolute atomic E-state index is 6.01. The predicted molar refractivity (Wildman–Crippen MR) is 132 cm³/mol. The highest BCUT2D eigenvalue weighted by Crippen LogP contribution is 2.30. The summed E-state index contributed by atoms with van der Waals surface area (Å²) >= 11 is 5.80.